The number of aromatic nitrogens is 1. The van der Waals surface area contributed by atoms with Gasteiger partial charge >= 0.3 is 6.16 Å². The molecular formula is C25H27N3O5S. The van der Waals surface area contributed by atoms with Crippen molar-refractivity contribution in [1.29, 1.82) is 0 Å². The number of hydroxylamine groups is 2. The average molecular weight is 482 g/mol. The lowest BCUT2D eigenvalue weighted by atomic mass is 9.95. The molecule has 8 nitrogen and oxygen atoms in total. The minimum atomic E-state index is -3.64. The van der Waals surface area contributed by atoms with Crippen LogP contribution in [0, 0.1) is 5.92 Å². The van der Waals surface area contributed by atoms with E-state index in [2.05, 4.69) is 9.88 Å². The third-order valence-corrected chi connectivity index (χ3v) is 7.88. The molecule has 2 aliphatic heterocycles. The maximum Gasteiger partial charge on any atom is 0.528 e. The Morgan fingerprint density at radius 2 is 1.76 bits per heavy atom. The van der Waals surface area contributed by atoms with Gasteiger partial charge in [-0.3, -0.25) is 4.98 Å². The van der Waals surface area contributed by atoms with Crippen LogP contribution in [0.4, 0.5) is 10.5 Å². The molecule has 2 aromatic carbocycles. The number of hydrogen-bond acceptors (Lipinski definition) is 8. The topological polar surface area (TPSA) is 89.0 Å². The van der Waals surface area contributed by atoms with E-state index < -0.39 is 21.6 Å². The first-order chi connectivity index (χ1) is 16.1. The molecule has 9 heteroatoms. The number of para-hydroxylation sites is 1. The van der Waals surface area contributed by atoms with E-state index in [9.17, 15) is 13.2 Å². The number of benzene rings is 2. The first-order valence-corrected chi connectivity index (χ1v) is 12.7. The van der Waals surface area contributed by atoms with Crippen molar-refractivity contribution in [2.45, 2.75) is 42.2 Å². The molecule has 0 aliphatic carbocycles. The van der Waals surface area contributed by atoms with Gasteiger partial charge in [0.25, 0.3) is 0 Å². The number of pyridine rings is 1. The highest BCUT2D eigenvalue weighted by molar-refractivity contribution is 7.91. The van der Waals surface area contributed by atoms with Gasteiger partial charge in [0.05, 0.1) is 27.0 Å². The standard InChI is InChI=1S/C25H27N3O5S/c1-25(2,3)32-24(29)33-28-15-18-14-27(16-22(18)28)21-11-7-8-17-12-20(13-26-23(17)21)34(30,31)19-9-5-4-6-10-19/h4-13,18,22H,14-16H2,1-3H3/t18-,22-/m1/s1. The molecule has 3 aromatic rings. The Bertz CT molecular complexity index is 1340. The van der Waals surface area contributed by atoms with Gasteiger partial charge < -0.3 is 14.5 Å². The normalized spacial score (nSPS) is 20.6. The maximum atomic E-state index is 13.0. The first kappa shape index (κ1) is 22.6. The number of carbonyl (C=O) groups is 1. The molecule has 34 heavy (non-hydrogen) atoms. The zero-order valence-electron chi connectivity index (χ0n) is 19.3. The number of fused-ring (bicyclic) bond motifs is 2. The van der Waals surface area contributed by atoms with E-state index in [0.717, 1.165) is 23.1 Å². The summed E-state index contributed by atoms with van der Waals surface area (Å²) in [4.78, 5) is 24.6. The molecule has 3 heterocycles. The summed E-state index contributed by atoms with van der Waals surface area (Å²) in [6.45, 7) is 7.54. The Hall–Kier alpha value is -3.17. The van der Waals surface area contributed by atoms with Crippen LogP contribution < -0.4 is 4.90 Å². The van der Waals surface area contributed by atoms with Crippen molar-refractivity contribution >= 4 is 32.6 Å². The van der Waals surface area contributed by atoms with E-state index in [-0.39, 0.29) is 15.8 Å². The van der Waals surface area contributed by atoms with Crippen molar-refractivity contribution in [3.63, 3.8) is 0 Å². The molecule has 0 spiro atoms. The summed E-state index contributed by atoms with van der Waals surface area (Å²) in [5, 5.41) is 2.44. The van der Waals surface area contributed by atoms with Crippen LogP contribution in [0.25, 0.3) is 10.9 Å². The van der Waals surface area contributed by atoms with Crippen molar-refractivity contribution in [3.8, 4) is 0 Å². The fraction of sp³-hybridized carbons (Fsp3) is 0.360. The summed E-state index contributed by atoms with van der Waals surface area (Å²) in [5.74, 6) is 0.371. The van der Waals surface area contributed by atoms with Gasteiger partial charge in [-0.15, -0.1) is 5.06 Å². The largest absolute Gasteiger partial charge is 0.528 e. The van der Waals surface area contributed by atoms with Gasteiger partial charge in [-0.05, 0) is 45.0 Å². The summed E-state index contributed by atoms with van der Waals surface area (Å²) in [6, 6.07) is 15.9. The monoisotopic (exact) mass is 481 g/mol. The zero-order valence-corrected chi connectivity index (χ0v) is 20.2. The molecule has 0 radical (unpaired) electrons. The molecule has 2 saturated heterocycles. The van der Waals surface area contributed by atoms with Crippen molar-refractivity contribution in [1.82, 2.24) is 10.0 Å². The number of carbonyl (C=O) groups excluding carboxylic acids is 1. The maximum absolute atomic E-state index is 13.0. The number of sulfone groups is 1. The van der Waals surface area contributed by atoms with Gasteiger partial charge in [0, 0.05) is 37.1 Å². The van der Waals surface area contributed by atoms with Gasteiger partial charge in [-0.1, -0.05) is 30.3 Å². The van der Waals surface area contributed by atoms with Crippen LogP contribution in [0.1, 0.15) is 20.8 Å². The molecule has 2 fully saturated rings. The zero-order chi connectivity index (χ0) is 24.1. The fourth-order valence-electron chi connectivity index (χ4n) is 4.52. The highest BCUT2D eigenvalue weighted by Crippen LogP contribution is 2.38. The molecule has 2 aliphatic rings. The van der Waals surface area contributed by atoms with E-state index in [1.54, 1.807) is 62.2 Å². The number of anilines is 1. The van der Waals surface area contributed by atoms with E-state index >= 15 is 0 Å². The van der Waals surface area contributed by atoms with E-state index in [1.165, 1.54) is 6.20 Å². The van der Waals surface area contributed by atoms with Crippen LogP contribution in [0.15, 0.2) is 70.6 Å². The van der Waals surface area contributed by atoms with E-state index in [4.69, 9.17) is 9.57 Å². The van der Waals surface area contributed by atoms with Crippen LogP contribution in [-0.2, 0) is 19.4 Å². The van der Waals surface area contributed by atoms with Gasteiger partial charge in [-0.25, -0.2) is 13.2 Å². The molecule has 0 N–H and O–H groups in total. The quantitative estimate of drug-likeness (QED) is 0.516. The van der Waals surface area contributed by atoms with Crippen LogP contribution >= 0.6 is 0 Å². The third-order valence-electron chi connectivity index (χ3n) is 6.14. The molecule has 2 atom stereocenters. The number of ether oxygens (including phenoxy) is 1. The molecular weight excluding hydrogens is 454 g/mol. The highest BCUT2D eigenvalue weighted by Gasteiger charge is 2.48. The van der Waals surface area contributed by atoms with Gasteiger partial charge in [-0.2, -0.15) is 0 Å². The predicted octanol–water partition coefficient (Wildman–Crippen LogP) is 4.05. The second kappa shape index (κ2) is 8.25. The van der Waals surface area contributed by atoms with Gasteiger partial charge in [0.15, 0.2) is 0 Å². The summed E-state index contributed by atoms with van der Waals surface area (Å²) in [5.41, 5.74) is 1.08. The molecule has 1 aromatic heterocycles. The van der Waals surface area contributed by atoms with Crippen LogP contribution in [0.5, 0.6) is 0 Å². The molecule has 0 saturated carbocycles. The Morgan fingerprint density at radius 3 is 2.50 bits per heavy atom. The predicted molar refractivity (Wildman–Crippen MR) is 127 cm³/mol. The molecule has 0 bridgehead atoms. The van der Waals surface area contributed by atoms with Gasteiger partial charge in [0.2, 0.25) is 9.84 Å². The van der Waals surface area contributed by atoms with E-state index in [1.807, 2.05) is 18.2 Å². The van der Waals surface area contributed by atoms with Crippen molar-refractivity contribution < 1.29 is 22.8 Å². The smallest absolute Gasteiger partial charge is 0.427 e. The van der Waals surface area contributed by atoms with Crippen molar-refractivity contribution in [3.05, 3.63) is 60.8 Å². The molecule has 0 amide bonds. The minimum absolute atomic E-state index is 0.0838. The van der Waals surface area contributed by atoms with Crippen molar-refractivity contribution in [2.24, 2.45) is 5.92 Å². The lowest BCUT2D eigenvalue weighted by molar-refractivity contribution is -0.219. The summed E-state index contributed by atoms with van der Waals surface area (Å²) < 4.78 is 31.3. The third kappa shape index (κ3) is 4.21. The fourth-order valence-corrected chi connectivity index (χ4v) is 5.78. The van der Waals surface area contributed by atoms with Crippen LogP contribution in [-0.4, -0.2) is 55.9 Å². The van der Waals surface area contributed by atoms with Crippen LogP contribution in [0.3, 0.4) is 0 Å². The lowest BCUT2D eigenvalue weighted by Gasteiger charge is -2.40. The number of rotatable bonds is 4. The second-order valence-electron chi connectivity index (χ2n) is 9.72. The SMILES string of the molecule is CC(C)(C)OC(=O)ON1C[C@H]2CN(c3cccc4cc(S(=O)(=O)c5ccccc5)cnc34)C[C@H]21. The average Bonchev–Trinajstić information content (AvgIpc) is 3.13. The van der Waals surface area contributed by atoms with E-state index in [0.29, 0.717) is 19.0 Å². The van der Waals surface area contributed by atoms with Crippen LogP contribution in [0.2, 0.25) is 0 Å². The molecule has 178 valence electrons. The minimum Gasteiger partial charge on any atom is -0.427 e. The Morgan fingerprint density at radius 1 is 1.00 bits per heavy atom. The summed E-state index contributed by atoms with van der Waals surface area (Å²) in [6.07, 6.45) is 0.736. The summed E-state index contributed by atoms with van der Waals surface area (Å²) >= 11 is 0. The first-order valence-electron chi connectivity index (χ1n) is 11.2. The number of nitrogens with zero attached hydrogens (tertiary/aromatic N) is 3. The Labute approximate surface area is 199 Å². The van der Waals surface area contributed by atoms with Gasteiger partial charge in [0.1, 0.15) is 5.60 Å². The number of hydrogen-bond donors (Lipinski definition) is 0. The second-order valence-corrected chi connectivity index (χ2v) is 11.7. The van der Waals surface area contributed by atoms with Crippen molar-refractivity contribution in [2.75, 3.05) is 24.5 Å². The Balaban J connectivity index is 1.35. The molecule has 0 unspecified atom stereocenters. The molecule has 5 rings (SSSR count). The lowest BCUT2D eigenvalue weighted by Crippen LogP contribution is -2.56. The highest BCUT2D eigenvalue weighted by atomic mass is 32.2. The Kier molecular flexibility index (Phi) is 5.49. The summed E-state index contributed by atoms with van der Waals surface area (Å²) in [7, 11) is -3.64.